The summed E-state index contributed by atoms with van der Waals surface area (Å²) >= 11 is 6.20. The molecule has 0 N–H and O–H groups in total. The predicted octanol–water partition coefficient (Wildman–Crippen LogP) is 4.43. The molecule has 2 heteroatoms. The molecule has 1 aromatic carbocycles. The van der Waals surface area contributed by atoms with E-state index in [4.69, 9.17) is 11.2 Å². The fourth-order valence-electron chi connectivity index (χ4n) is 0.803. The lowest BCUT2D eigenvalue weighted by Gasteiger charge is -2.19. The maximum atomic E-state index is 6.20. The monoisotopic (exact) mass is 224 g/mol. The normalized spacial score (nSPS) is 12.9. The van der Waals surface area contributed by atoms with Gasteiger partial charge in [0.1, 0.15) is 0 Å². The Labute approximate surface area is 92.2 Å². The zero-order chi connectivity index (χ0) is 10.6. The van der Waals surface area contributed by atoms with Crippen LogP contribution >= 0.6 is 18.5 Å². The van der Waals surface area contributed by atoms with Gasteiger partial charge >= 0.3 is 0 Å². The summed E-state index contributed by atoms with van der Waals surface area (Å²) in [5.41, 5.74) is 4.15. The summed E-state index contributed by atoms with van der Waals surface area (Å²) in [5.74, 6) is 3.10. The van der Waals surface area contributed by atoms with Crippen LogP contribution in [-0.2, 0) is 0 Å². The molecule has 0 heterocycles. The highest BCUT2D eigenvalue weighted by Gasteiger charge is 2.19. The second-order valence-electron chi connectivity index (χ2n) is 4.05. The van der Waals surface area contributed by atoms with Gasteiger partial charge in [-0.1, -0.05) is 61.8 Å². The highest BCUT2D eigenvalue weighted by atomic mass is 35.7. The fraction of sp³-hybridized carbons (Fsp3) is 0.333. The van der Waals surface area contributed by atoms with Gasteiger partial charge in [-0.15, -0.1) is 0 Å². The van der Waals surface area contributed by atoms with Gasteiger partial charge in [0.2, 0.25) is 0 Å². The molecule has 0 aliphatic carbocycles. The Kier molecular flexibility index (Phi) is 3.99. The molecule has 0 aliphatic rings. The lowest BCUT2D eigenvalue weighted by Crippen LogP contribution is -2.06. The number of hydrogen-bond acceptors (Lipinski definition) is 0. The van der Waals surface area contributed by atoms with Crippen molar-refractivity contribution in [2.45, 2.75) is 25.9 Å². The smallest absolute Gasteiger partial charge is 0.0736 e. The van der Waals surface area contributed by atoms with Crippen LogP contribution in [0.1, 0.15) is 26.3 Å². The summed E-state index contributed by atoms with van der Waals surface area (Å²) in [4.78, 5) is 0. The molecule has 1 aromatic rings. The van der Waals surface area contributed by atoms with Crippen molar-refractivity contribution in [2.75, 3.05) is 0 Å². The van der Waals surface area contributed by atoms with Gasteiger partial charge in [-0.3, -0.25) is 0 Å². The third kappa shape index (κ3) is 3.70. The molecule has 14 heavy (non-hydrogen) atoms. The van der Waals surface area contributed by atoms with Gasteiger partial charge in [-0.25, -0.2) is 0 Å². The first-order valence-corrected chi connectivity index (χ1v) is 6.77. The summed E-state index contributed by atoms with van der Waals surface area (Å²) in [6.07, 6.45) is 0. The Hall–Kier alpha value is -0.500. The van der Waals surface area contributed by atoms with E-state index in [1.807, 2.05) is 30.3 Å². The van der Waals surface area contributed by atoms with Crippen molar-refractivity contribution in [3.63, 3.8) is 0 Å². The zero-order valence-electron chi connectivity index (χ0n) is 8.71. The Morgan fingerprint density at radius 2 is 1.71 bits per heavy atom. The molecule has 1 atom stereocenters. The lowest BCUT2D eigenvalue weighted by atomic mass is 10.2. The van der Waals surface area contributed by atoms with E-state index >= 15 is 0 Å². The predicted molar refractivity (Wildman–Crippen MR) is 65.8 cm³/mol. The second-order valence-corrected chi connectivity index (χ2v) is 7.20. The molecule has 0 fully saturated rings. The molecular formula is C12H14ClP. The van der Waals surface area contributed by atoms with E-state index in [1.165, 1.54) is 0 Å². The first kappa shape index (κ1) is 11.6. The molecule has 1 rings (SSSR count). The zero-order valence-corrected chi connectivity index (χ0v) is 10.4. The molecule has 0 saturated heterocycles. The van der Waals surface area contributed by atoms with E-state index < -0.39 is 7.27 Å². The summed E-state index contributed by atoms with van der Waals surface area (Å²) in [7, 11) is -0.734. The molecule has 0 nitrogen and oxygen atoms in total. The average Bonchev–Trinajstić information content (AvgIpc) is 2.14. The molecule has 1 unspecified atom stereocenters. The van der Waals surface area contributed by atoms with E-state index in [2.05, 4.69) is 32.4 Å². The Morgan fingerprint density at radius 3 is 2.21 bits per heavy atom. The minimum absolute atomic E-state index is 0.0959. The largest absolute Gasteiger partial charge is 0.0811 e. The van der Waals surface area contributed by atoms with Crippen LogP contribution in [0, 0.1) is 11.6 Å². The molecule has 0 aliphatic heterocycles. The van der Waals surface area contributed by atoms with Crippen LogP contribution in [-0.4, -0.2) is 5.16 Å². The minimum atomic E-state index is -0.734. The van der Waals surface area contributed by atoms with Crippen LogP contribution in [0.5, 0.6) is 0 Å². The van der Waals surface area contributed by atoms with Crippen molar-refractivity contribution in [3.05, 3.63) is 35.9 Å². The average molecular weight is 225 g/mol. The molecule has 0 bridgehead atoms. The van der Waals surface area contributed by atoms with Crippen LogP contribution in [0.3, 0.4) is 0 Å². The number of benzene rings is 1. The SMILES string of the molecule is CC(C)(C)P(Cl)C#Cc1ccccc1. The number of halogens is 1. The van der Waals surface area contributed by atoms with Crippen molar-refractivity contribution < 1.29 is 0 Å². The standard InChI is InChI=1S/C12H14ClP/c1-12(2,3)14(13)10-9-11-7-5-4-6-8-11/h4-8H,1-3H3. The summed E-state index contributed by atoms with van der Waals surface area (Å²) in [6, 6.07) is 9.94. The van der Waals surface area contributed by atoms with Crippen molar-refractivity contribution in [3.8, 4) is 11.6 Å². The van der Waals surface area contributed by atoms with Crippen molar-refractivity contribution in [1.29, 1.82) is 0 Å². The van der Waals surface area contributed by atoms with E-state index in [0.717, 1.165) is 5.56 Å². The first-order valence-electron chi connectivity index (χ1n) is 4.53. The van der Waals surface area contributed by atoms with Crippen LogP contribution in [0.15, 0.2) is 30.3 Å². The number of rotatable bonds is 0. The molecule has 0 radical (unpaired) electrons. The fourth-order valence-corrected chi connectivity index (χ4v) is 1.49. The van der Waals surface area contributed by atoms with Crippen molar-refractivity contribution in [1.82, 2.24) is 0 Å². The van der Waals surface area contributed by atoms with Crippen molar-refractivity contribution in [2.24, 2.45) is 0 Å². The van der Waals surface area contributed by atoms with E-state index in [0.29, 0.717) is 0 Å². The Morgan fingerprint density at radius 1 is 1.14 bits per heavy atom. The van der Waals surface area contributed by atoms with Crippen LogP contribution in [0.2, 0.25) is 0 Å². The third-order valence-corrected chi connectivity index (χ3v) is 4.92. The molecule has 0 aromatic heterocycles. The lowest BCUT2D eigenvalue weighted by molar-refractivity contribution is 0.797. The minimum Gasteiger partial charge on any atom is -0.0811 e. The maximum absolute atomic E-state index is 6.20. The molecule has 0 amide bonds. The summed E-state index contributed by atoms with van der Waals surface area (Å²) < 4.78 is 0. The van der Waals surface area contributed by atoms with Gasteiger partial charge in [-0.2, -0.15) is 0 Å². The van der Waals surface area contributed by atoms with Gasteiger partial charge in [0.25, 0.3) is 0 Å². The maximum Gasteiger partial charge on any atom is 0.0736 e. The van der Waals surface area contributed by atoms with Crippen LogP contribution in [0.25, 0.3) is 0 Å². The topological polar surface area (TPSA) is 0 Å². The summed E-state index contributed by atoms with van der Waals surface area (Å²) in [5, 5.41) is 0.0959. The number of hydrogen-bond donors (Lipinski definition) is 0. The third-order valence-electron chi connectivity index (χ3n) is 1.66. The Bertz CT molecular complexity index is 340. The molecule has 0 saturated carbocycles. The quantitative estimate of drug-likeness (QED) is 0.452. The second kappa shape index (κ2) is 4.83. The summed E-state index contributed by atoms with van der Waals surface area (Å²) in [6.45, 7) is 6.35. The first-order chi connectivity index (χ1) is 6.50. The van der Waals surface area contributed by atoms with Crippen LogP contribution in [0.4, 0.5) is 0 Å². The van der Waals surface area contributed by atoms with Gasteiger partial charge < -0.3 is 0 Å². The van der Waals surface area contributed by atoms with E-state index in [-0.39, 0.29) is 5.16 Å². The van der Waals surface area contributed by atoms with E-state index in [1.54, 1.807) is 0 Å². The Balaban J connectivity index is 2.74. The van der Waals surface area contributed by atoms with Gasteiger partial charge in [-0.05, 0) is 12.1 Å². The van der Waals surface area contributed by atoms with Gasteiger partial charge in [0.05, 0.1) is 7.27 Å². The van der Waals surface area contributed by atoms with E-state index in [9.17, 15) is 0 Å². The van der Waals surface area contributed by atoms with Crippen molar-refractivity contribution >= 4 is 18.5 Å². The molecule has 0 spiro atoms. The molecule has 74 valence electrons. The highest BCUT2D eigenvalue weighted by Crippen LogP contribution is 2.52. The van der Waals surface area contributed by atoms with Crippen LogP contribution < -0.4 is 0 Å². The van der Waals surface area contributed by atoms with Gasteiger partial charge in [0.15, 0.2) is 0 Å². The van der Waals surface area contributed by atoms with Gasteiger partial charge in [0, 0.05) is 10.7 Å². The highest BCUT2D eigenvalue weighted by molar-refractivity contribution is 7.89. The molecular weight excluding hydrogens is 211 g/mol.